The van der Waals surface area contributed by atoms with E-state index < -0.39 is 0 Å². The van der Waals surface area contributed by atoms with Gasteiger partial charge in [-0.15, -0.1) is 0 Å². The maximum Gasteiger partial charge on any atom is 0.149 e. The van der Waals surface area contributed by atoms with Crippen LogP contribution in [0.2, 0.25) is 0 Å². The van der Waals surface area contributed by atoms with Crippen LogP contribution in [0.4, 0.5) is 0 Å². The van der Waals surface area contributed by atoms with Crippen molar-refractivity contribution in [3.05, 3.63) is 36.3 Å². The zero-order chi connectivity index (χ0) is 21.0. The van der Waals surface area contributed by atoms with Crippen molar-refractivity contribution in [3.63, 3.8) is 0 Å². The lowest BCUT2D eigenvalue weighted by molar-refractivity contribution is -0.120. The Hall–Kier alpha value is -2.31. The number of hydrogen-bond acceptors (Lipinski definition) is 5. The number of carbonyl (C=O) groups is 1. The Kier molecular flexibility index (Phi) is 6.98. The summed E-state index contributed by atoms with van der Waals surface area (Å²) in [6, 6.07) is 7.80. The van der Waals surface area contributed by atoms with Gasteiger partial charge in [-0.05, 0) is 37.8 Å². The van der Waals surface area contributed by atoms with Gasteiger partial charge in [0.05, 0.1) is 29.1 Å². The standard InChI is InChI=1S/C23H33N5O/c1-15(2)13-18(25)20(29)9-6-12-28-14-26-22-21(16(3)10-11-24)27-19-8-5-4-7-17(19)23(22)28/h4-5,7-8,14-16,18H,6,9-13,24-25H2,1-3H3. The van der Waals surface area contributed by atoms with Crippen molar-refractivity contribution in [2.24, 2.45) is 17.4 Å². The number of imidazole rings is 1. The van der Waals surface area contributed by atoms with Crippen LogP contribution in [0.15, 0.2) is 30.6 Å². The Balaban J connectivity index is 1.87. The van der Waals surface area contributed by atoms with Crippen LogP contribution in [0.1, 0.15) is 58.1 Å². The van der Waals surface area contributed by atoms with Crippen LogP contribution in [0.5, 0.6) is 0 Å². The second-order valence-corrected chi connectivity index (χ2v) is 8.43. The molecule has 0 aliphatic rings. The van der Waals surface area contributed by atoms with Crippen molar-refractivity contribution in [3.8, 4) is 0 Å². The molecule has 0 saturated carbocycles. The maximum atomic E-state index is 12.3. The molecule has 0 aliphatic carbocycles. The van der Waals surface area contributed by atoms with Crippen LogP contribution in [-0.4, -0.2) is 32.9 Å². The van der Waals surface area contributed by atoms with E-state index in [1.165, 1.54) is 0 Å². The number of rotatable bonds is 10. The molecule has 0 spiro atoms. The zero-order valence-electron chi connectivity index (χ0n) is 17.8. The van der Waals surface area contributed by atoms with Crippen molar-refractivity contribution in [2.45, 2.75) is 65.0 Å². The van der Waals surface area contributed by atoms with Crippen LogP contribution in [0.3, 0.4) is 0 Å². The molecule has 156 valence electrons. The normalized spacial score (nSPS) is 14.0. The second kappa shape index (κ2) is 9.46. The second-order valence-electron chi connectivity index (χ2n) is 8.43. The molecule has 4 N–H and O–H groups in total. The van der Waals surface area contributed by atoms with Crippen LogP contribution in [0.25, 0.3) is 21.9 Å². The molecule has 0 amide bonds. The molecule has 0 aliphatic heterocycles. The van der Waals surface area contributed by atoms with Gasteiger partial charge >= 0.3 is 0 Å². The first-order valence-corrected chi connectivity index (χ1v) is 10.6. The Labute approximate surface area is 172 Å². The number of benzene rings is 1. The number of fused-ring (bicyclic) bond motifs is 3. The van der Waals surface area contributed by atoms with Gasteiger partial charge in [-0.25, -0.2) is 4.98 Å². The highest BCUT2D eigenvalue weighted by molar-refractivity contribution is 6.03. The topological polar surface area (TPSA) is 99.8 Å². The number of pyridine rings is 1. The van der Waals surface area contributed by atoms with Gasteiger partial charge in [-0.2, -0.15) is 0 Å². The van der Waals surface area contributed by atoms with Gasteiger partial charge in [-0.3, -0.25) is 9.78 Å². The van der Waals surface area contributed by atoms with Crippen molar-refractivity contribution < 1.29 is 4.79 Å². The number of para-hydroxylation sites is 1. The molecule has 0 fully saturated rings. The van der Waals surface area contributed by atoms with Crippen molar-refractivity contribution >= 4 is 27.7 Å². The number of carbonyl (C=O) groups excluding carboxylic acids is 1. The summed E-state index contributed by atoms with van der Waals surface area (Å²) < 4.78 is 2.15. The van der Waals surface area contributed by atoms with Gasteiger partial charge in [0, 0.05) is 24.3 Å². The predicted molar refractivity (Wildman–Crippen MR) is 119 cm³/mol. The lowest BCUT2D eigenvalue weighted by Gasteiger charge is -2.14. The molecule has 2 heterocycles. The van der Waals surface area contributed by atoms with Gasteiger partial charge in [0.25, 0.3) is 0 Å². The first-order chi connectivity index (χ1) is 13.9. The molecule has 29 heavy (non-hydrogen) atoms. The van der Waals surface area contributed by atoms with Crippen LogP contribution >= 0.6 is 0 Å². The van der Waals surface area contributed by atoms with E-state index in [1.807, 2.05) is 24.5 Å². The fourth-order valence-corrected chi connectivity index (χ4v) is 3.95. The van der Waals surface area contributed by atoms with Gasteiger partial charge in [0.2, 0.25) is 0 Å². The summed E-state index contributed by atoms with van der Waals surface area (Å²) in [5.74, 6) is 0.817. The number of aryl methyl sites for hydroxylation is 1. The number of nitrogens with two attached hydrogens (primary N) is 2. The van der Waals surface area contributed by atoms with E-state index in [0.29, 0.717) is 18.9 Å². The van der Waals surface area contributed by atoms with Crippen LogP contribution in [0, 0.1) is 5.92 Å². The van der Waals surface area contributed by atoms with E-state index >= 15 is 0 Å². The van der Waals surface area contributed by atoms with Gasteiger partial charge in [0.15, 0.2) is 0 Å². The fourth-order valence-electron chi connectivity index (χ4n) is 3.95. The molecule has 0 saturated heterocycles. The van der Waals surface area contributed by atoms with E-state index in [0.717, 1.165) is 53.4 Å². The van der Waals surface area contributed by atoms with Crippen LogP contribution < -0.4 is 11.5 Å². The minimum absolute atomic E-state index is 0.145. The molecule has 3 rings (SSSR count). The van der Waals surface area contributed by atoms with Gasteiger partial charge in [0.1, 0.15) is 11.3 Å². The van der Waals surface area contributed by atoms with Crippen LogP contribution in [-0.2, 0) is 11.3 Å². The first-order valence-electron chi connectivity index (χ1n) is 10.6. The third-order valence-electron chi connectivity index (χ3n) is 5.51. The number of aromatic nitrogens is 3. The summed E-state index contributed by atoms with van der Waals surface area (Å²) in [5, 5.41) is 1.09. The van der Waals surface area contributed by atoms with E-state index in [-0.39, 0.29) is 17.7 Å². The third kappa shape index (κ3) is 4.82. The van der Waals surface area contributed by atoms with Crippen molar-refractivity contribution in [2.75, 3.05) is 6.54 Å². The molecular formula is C23H33N5O. The molecular weight excluding hydrogens is 362 g/mol. The lowest BCUT2D eigenvalue weighted by atomic mass is 9.98. The average molecular weight is 396 g/mol. The first kappa shape index (κ1) is 21.4. The molecule has 1 aromatic carbocycles. The Bertz CT molecular complexity index is 978. The number of Topliss-reactive ketones (excluding diaryl/α,β-unsaturated/α-hetero) is 1. The molecule has 0 bridgehead atoms. The minimum atomic E-state index is -0.358. The van der Waals surface area contributed by atoms with E-state index in [4.69, 9.17) is 21.4 Å². The summed E-state index contributed by atoms with van der Waals surface area (Å²) in [6.07, 6.45) is 4.73. The van der Waals surface area contributed by atoms with Gasteiger partial charge in [-0.1, -0.05) is 39.0 Å². The molecule has 2 atom stereocenters. The monoisotopic (exact) mass is 395 g/mol. The molecule has 2 unspecified atom stereocenters. The Morgan fingerprint density at radius 2 is 1.97 bits per heavy atom. The summed E-state index contributed by atoms with van der Waals surface area (Å²) in [5.41, 5.74) is 15.8. The SMILES string of the molecule is CC(C)CC(N)C(=O)CCCn1cnc2c(C(C)CCN)nc3ccccc3c21. The maximum absolute atomic E-state index is 12.3. The highest BCUT2D eigenvalue weighted by Crippen LogP contribution is 2.30. The quantitative estimate of drug-likeness (QED) is 0.544. The van der Waals surface area contributed by atoms with Crippen molar-refractivity contribution in [1.29, 1.82) is 0 Å². The lowest BCUT2D eigenvalue weighted by Crippen LogP contribution is -2.31. The predicted octanol–water partition coefficient (Wildman–Crippen LogP) is 3.76. The summed E-state index contributed by atoms with van der Waals surface area (Å²) in [7, 11) is 0. The molecule has 2 aromatic heterocycles. The Morgan fingerprint density at radius 1 is 1.21 bits per heavy atom. The van der Waals surface area contributed by atoms with E-state index in [2.05, 4.69) is 31.4 Å². The van der Waals surface area contributed by atoms with E-state index in [9.17, 15) is 4.79 Å². The smallest absolute Gasteiger partial charge is 0.149 e. The largest absolute Gasteiger partial charge is 0.330 e. The summed E-state index contributed by atoms with van der Waals surface area (Å²) >= 11 is 0. The van der Waals surface area contributed by atoms with Crippen molar-refractivity contribution in [1.82, 2.24) is 14.5 Å². The molecule has 6 nitrogen and oxygen atoms in total. The highest BCUT2D eigenvalue weighted by atomic mass is 16.1. The summed E-state index contributed by atoms with van der Waals surface area (Å²) in [6.45, 7) is 7.68. The van der Waals surface area contributed by atoms with Gasteiger partial charge < -0.3 is 16.0 Å². The average Bonchev–Trinajstić information content (AvgIpc) is 3.11. The molecule has 6 heteroatoms. The Morgan fingerprint density at radius 3 is 2.69 bits per heavy atom. The molecule has 3 aromatic rings. The number of ketones is 1. The zero-order valence-corrected chi connectivity index (χ0v) is 17.8. The van der Waals surface area contributed by atoms with E-state index in [1.54, 1.807) is 0 Å². The fraction of sp³-hybridized carbons (Fsp3) is 0.522. The minimum Gasteiger partial charge on any atom is -0.330 e. The third-order valence-corrected chi connectivity index (χ3v) is 5.51. The molecule has 0 radical (unpaired) electrons. The number of hydrogen-bond donors (Lipinski definition) is 2. The number of nitrogens with zero attached hydrogens (tertiary/aromatic N) is 3. The summed E-state index contributed by atoms with van der Waals surface area (Å²) in [4.78, 5) is 21.9. The highest BCUT2D eigenvalue weighted by Gasteiger charge is 2.19.